The molecule has 0 nitrogen and oxygen atoms in total. The molecule has 0 aliphatic heterocycles. The van der Waals surface area contributed by atoms with Crippen molar-refractivity contribution >= 4 is 10.8 Å². The standard InChI is InChI=1S/C12H10.C10H8.C6H6.2C6H5.Y/c1-3-7-11(8-4-1)12-9-5-2-6-10-12;1-2-6-10-8-4-3-7-9(10)5-1;3*1-2-4-6-5-3-1;/h1-10H;1-8H;1-6H;2*1-5H;/q;;;2*-1;. The number of fused-ring (bicyclic) bond motifs is 1. The molecule has 0 amide bonds. The second kappa shape index (κ2) is 22.7. The molecular formula is C40H34Y-2. The molecule has 7 rings (SSSR count). The van der Waals surface area contributed by atoms with Crippen molar-refractivity contribution in [3.8, 4) is 11.1 Å². The van der Waals surface area contributed by atoms with Crippen molar-refractivity contribution in [2.45, 2.75) is 0 Å². The monoisotopic (exact) mass is 603 g/mol. The van der Waals surface area contributed by atoms with Crippen molar-refractivity contribution in [2.24, 2.45) is 0 Å². The van der Waals surface area contributed by atoms with Crippen LogP contribution in [0.15, 0.2) is 206 Å². The normalized spacial score (nSPS) is 8.78. The molecule has 0 N–H and O–H groups in total. The van der Waals surface area contributed by atoms with Gasteiger partial charge in [-0.2, -0.15) is 72.8 Å². The van der Waals surface area contributed by atoms with Crippen LogP contribution in [-0.2, 0) is 32.7 Å². The van der Waals surface area contributed by atoms with Gasteiger partial charge in [-0.1, -0.05) is 146 Å². The largest absolute Gasteiger partial charge is 0.184 e. The van der Waals surface area contributed by atoms with Crippen LogP contribution in [0, 0.1) is 12.1 Å². The second-order valence-corrected chi connectivity index (χ2v) is 8.39. The minimum Gasteiger partial charge on any atom is -0.184 e. The fraction of sp³-hybridized carbons (Fsp3) is 0. The molecule has 0 aromatic heterocycles. The third kappa shape index (κ3) is 15.3. The van der Waals surface area contributed by atoms with E-state index in [1.165, 1.54) is 21.9 Å². The Morgan fingerprint density at radius 2 is 0.463 bits per heavy atom. The third-order valence-electron chi connectivity index (χ3n) is 5.42. The first kappa shape index (κ1) is 33.1. The van der Waals surface area contributed by atoms with Crippen LogP contribution in [0.5, 0.6) is 0 Å². The number of rotatable bonds is 1. The van der Waals surface area contributed by atoms with Gasteiger partial charge < -0.3 is 0 Å². The van der Waals surface area contributed by atoms with Gasteiger partial charge in [0.25, 0.3) is 0 Å². The Morgan fingerprint density at radius 3 is 0.683 bits per heavy atom. The van der Waals surface area contributed by atoms with Crippen molar-refractivity contribution in [1.82, 2.24) is 0 Å². The number of hydrogen-bond acceptors (Lipinski definition) is 0. The fourth-order valence-corrected chi connectivity index (χ4v) is 3.46. The molecule has 0 saturated carbocycles. The van der Waals surface area contributed by atoms with Gasteiger partial charge in [0.05, 0.1) is 0 Å². The Labute approximate surface area is 271 Å². The van der Waals surface area contributed by atoms with E-state index in [4.69, 9.17) is 0 Å². The van der Waals surface area contributed by atoms with Gasteiger partial charge in [-0.3, -0.25) is 0 Å². The summed E-state index contributed by atoms with van der Waals surface area (Å²) in [5.41, 5.74) is 2.55. The van der Waals surface area contributed by atoms with E-state index in [1.54, 1.807) is 0 Å². The van der Waals surface area contributed by atoms with Gasteiger partial charge in [0.2, 0.25) is 0 Å². The summed E-state index contributed by atoms with van der Waals surface area (Å²) in [4.78, 5) is 0. The predicted octanol–water partition coefficient (Wildman–Crippen LogP) is 10.9. The summed E-state index contributed by atoms with van der Waals surface area (Å²) in [6.45, 7) is 0. The van der Waals surface area contributed by atoms with Gasteiger partial charge in [0.1, 0.15) is 0 Å². The van der Waals surface area contributed by atoms with E-state index < -0.39 is 0 Å². The molecular weight excluding hydrogens is 569 g/mol. The van der Waals surface area contributed by atoms with Gasteiger partial charge in [0, 0.05) is 32.7 Å². The minimum absolute atomic E-state index is 0. The molecule has 0 heterocycles. The van der Waals surface area contributed by atoms with Crippen molar-refractivity contribution < 1.29 is 32.7 Å². The molecule has 199 valence electrons. The molecule has 0 bridgehead atoms. The Bertz CT molecular complexity index is 1240. The first-order chi connectivity index (χ1) is 19.9. The summed E-state index contributed by atoms with van der Waals surface area (Å²) in [5, 5.41) is 2.62. The summed E-state index contributed by atoms with van der Waals surface area (Å²) >= 11 is 0. The molecule has 0 aliphatic rings. The molecule has 0 fully saturated rings. The minimum atomic E-state index is 0. The smallest absolute Gasteiger partial charge is 0 e. The zero-order chi connectivity index (χ0) is 27.8. The van der Waals surface area contributed by atoms with E-state index in [1.807, 2.05) is 109 Å². The Morgan fingerprint density at radius 1 is 0.244 bits per heavy atom. The molecule has 1 radical (unpaired) electrons. The second-order valence-electron chi connectivity index (χ2n) is 8.39. The van der Waals surface area contributed by atoms with Crippen LogP contribution in [-0.4, -0.2) is 0 Å². The van der Waals surface area contributed by atoms with Crippen LogP contribution in [0.1, 0.15) is 0 Å². The van der Waals surface area contributed by atoms with Crippen LogP contribution in [0.25, 0.3) is 21.9 Å². The first-order valence-electron chi connectivity index (χ1n) is 13.3. The van der Waals surface area contributed by atoms with E-state index in [0.29, 0.717) is 0 Å². The van der Waals surface area contributed by atoms with Gasteiger partial charge in [-0.05, 0) is 21.9 Å². The summed E-state index contributed by atoms with van der Waals surface area (Å²) < 4.78 is 0. The molecule has 0 unspecified atom stereocenters. The van der Waals surface area contributed by atoms with Crippen molar-refractivity contribution in [3.05, 3.63) is 218 Å². The average Bonchev–Trinajstić information content (AvgIpc) is 3.09. The fourth-order valence-electron chi connectivity index (χ4n) is 3.46. The van der Waals surface area contributed by atoms with Gasteiger partial charge in [-0.15, -0.1) is 0 Å². The zero-order valence-corrected chi connectivity index (χ0v) is 26.0. The van der Waals surface area contributed by atoms with Gasteiger partial charge in [0.15, 0.2) is 0 Å². The molecule has 0 atom stereocenters. The van der Waals surface area contributed by atoms with E-state index >= 15 is 0 Å². The van der Waals surface area contributed by atoms with E-state index in [2.05, 4.69) is 109 Å². The molecule has 0 spiro atoms. The topological polar surface area (TPSA) is 0 Å². The summed E-state index contributed by atoms with van der Waals surface area (Å²) in [6.07, 6.45) is 0. The van der Waals surface area contributed by atoms with Crippen LogP contribution in [0.2, 0.25) is 0 Å². The summed E-state index contributed by atoms with van der Waals surface area (Å²) in [7, 11) is 0. The van der Waals surface area contributed by atoms with E-state index in [-0.39, 0.29) is 32.7 Å². The number of hydrogen-bond donors (Lipinski definition) is 0. The summed E-state index contributed by atoms with van der Waals surface area (Å²) in [6, 6.07) is 74.5. The molecule has 7 aromatic carbocycles. The maximum Gasteiger partial charge on any atom is 0 e. The third-order valence-corrected chi connectivity index (χ3v) is 5.42. The Hall–Kier alpha value is -4.10. The maximum atomic E-state index is 2.89. The van der Waals surface area contributed by atoms with Crippen LogP contribution >= 0.6 is 0 Å². The average molecular weight is 604 g/mol. The molecule has 41 heavy (non-hydrogen) atoms. The van der Waals surface area contributed by atoms with Crippen LogP contribution in [0.3, 0.4) is 0 Å². The van der Waals surface area contributed by atoms with Gasteiger partial charge in [-0.25, -0.2) is 0 Å². The van der Waals surface area contributed by atoms with Crippen LogP contribution < -0.4 is 0 Å². The Balaban J connectivity index is 0.000000184. The molecule has 0 saturated heterocycles. The molecule has 0 aliphatic carbocycles. The van der Waals surface area contributed by atoms with Gasteiger partial charge >= 0.3 is 0 Å². The Kier molecular flexibility index (Phi) is 18.3. The van der Waals surface area contributed by atoms with E-state index in [9.17, 15) is 0 Å². The molecule has 7 aromatic rings. The number of benzene rings is 7. The van der Waals surface area contributed by atoms with Crippen LogP contribution in [0.4, 0.5) is 0 Å². The molecule has 1 heteroatoms. The van der Waals surface area contributed by atoms with E-state index in [0.717, 1.165) is 0 Å². The van der Waals surface area contributed by atoms with Crippen molar-refractivity contribution in [3.63, 3.8) is 0 Å². The maximum absolute atomic E-state index is 2.89. The quantitative estimate of drug-likeness (QED) is 0.164. The SMILES string of the molecule is [Y].[c-]1ccccc1.[c-]1ccccc1.c1ccc(-c2ccccc2)cc1.c1ccc2ccccc2c1.c1ccccc1. The predicted molar refractivity (Wildman–Crippen MR) is 173 cm³/mol. The first-order valence-corrected chi connectivity index (χ1v) is 13.3. The van der Waals surface area contributed by atoms with Crippen molar-refractivity contribution in [2.75, 3.05) is 0 Å². The zero-order valence-electron chi connectivity index (χ0n) is 23.2. The van der Waals surface area contributed by atoms with Crippen molar-refractivity contribution in [1.29, 1.82) is 0 Å². The summed E-state index contributed by atoms with van der Waals surface area (Å²) in [5.74, 6) is 0.